The Balaban J connectivity index is 1.85. The van der Waals surface area contributed by atoms with Gasteiger partial charge in [-0.1, -0.05) is 0 Å². The molecule has 0 aliphatic carbocycles. The second-order valence-electron chi connectivity index (χ2n) is 4.71. The molecule has 0 atom stereocenters. The molecule has 2 rings (SSSR count). The van der Waals surface area contributed by atoms with Crippen molar-refractivity contribution in [1.29, 1.82) is 0 Å². The summed E-state index contributed by atoms with van der Waals surface area (Å²) in [5, 5.41) is 3.31. The van der Waals surface area contributed by atoms with Gasteiger partial charge in [0.1, 0.15) is 0 Å². The van der Waals surface area contributed by atoms with Crippen LogP contribution in [0.25, 0.3) is 0 Å². The predicted octanol–water partition coefficient (Wildman–Crippen LogP) is 1.10. The third-order valence-electron chi connectivity index (χ3n) is 3.39. The van der Waals surface area contributed by atoms with E-state index in [1.807, 2.05) is 0 Å². The normalized spacial score (nSPS) is 16.7. The number of nitrogens with one attached hydrogen (secondary N) is 2. The highest BCUT2D eigenvalue weighted by Crippen LogP contribution is 2.13. The maximum absolute atomic E-state index is 11.6. The van der Waals surface area contributed by atoms with Gasteiger partial charge in [0.05, 0.1) is 4.90 Å². The number of hydrogen-bond acceptors (Lipinski definition) is 4. The molecule has 106 valence electrons. The van der Waals surface area contributed by atoms with Gasteiger partial charge in [0.15, 0.2) is 0 Å². The lowest BCUT2D eigenvalue weighted by atomic mass is 10.3. The standard InChI is InChI=1S/C13H21N3O2S/c1-14-19(17,18)13-6-4-12(5-7-13)15-8-11-16-9-2-3-10-16/h4-7,14-15H,2-3,8-11H2,1H3. The summed E-state index contributed by atoms with van der Waals surface area (Å²) in [5.41, 5.74) is 0.953. The molecule has 1 fully saturated rings. The minimum absolute atomic E-state index is 0.292. The number of hydrogen-bond donors (Lipinski definition) is 2. The molecule has 0 amide bonds. The highest BCUT2D eigenvalue weighted by Gasteiger charge is 2.11. The molecule has 1 aromatic carbocycles. The molecular formula is C13H21N3O2S. The first-order valence-corrected chi connectivity index (χ1v) is 8.10. The maximum atomic E-state index is 11.6. The Morgan fingerprint density at radius 1 is 1.16 bits per heavy atom. The van der Waals surface area contributed by atoms with Crippen LogP contribution in [0.2, 0.25) is 0 Å². The van der Waals surface area contributed by atoms with Crippen molar-refractivity contribution in [1.82, 2.24) is 9.62 Å². The van der Waals surface area contributed by atoms with Gasteiger partial charge in [-0.2, -0.15) is 0 Å². The number of nitrogens with zero attached hydrogens (tertiary/aromatic N) is 1. The monoisotopic (exact) mass is 283 g/mol. The zero-order valence-corrected chi connectivity index (χ0v) is 12.0. The van der Waals surface area contributed by atoms with Gasteiger partial charge in [0, 0.05) is 18.8 Å². The molecule has 1 aliphatic rings. The summed E-state index contributed by atoms with van der Waals surface area (Å²) < 4.78 is 25.4. The molecule has 0 unspecified atom stereocenters. The van der Waals surface area contributed by atoms with E-state index in [2.05, 4.69) is 14.9 Å². The van der Waals surface area contributed by atoms with E-state index in [9.17, 15) is 8.42 Å². The van der Waals surface area contributed by atoms with Gasteiger partial charge in [-0.25, -0.2) is 13.1 Å². The first kappa shape index (κ1) is 14.3. The van der Waals surface area contributed by atoms with Gasteiger partial charge in [-0.05, 0) is 57.2 Å². The molecule has 1 aliphatic heterocycles. The van der Waals surface area contributed by atoms with Crippen LogP contribution < -0.4 is 10.0 Å². The third kappa shape index (κ3) is 3.92. The van der Waals surface area contributed by atoms with Crippen LogP contribution in [-0.4, -0.2) is 46.5 Å². The summed E-state index contributed by atoms with van der Waals surface area (Å²) in [5.74, 6) is 0. The Labute approximate surface area is 115 Å². The summed E-state index contributed by atoms with van der Waals surface area (Å²) in [7, 11) is -1.92. The van der Waals surface area contributed by atoms with Crippen molar-refractivity contribution in [3.8, 4) is 0 Å². The quantitative estimate of drug-likeness (QED) is 0.821. The van der Waals surface area contributed by atoms with Crippen LogP contribution in [0.4, 0.5) is 5.69 Å². The van der Waals surface area contributed by atoms with E-state index in [4.69, 9.17) is 0 Å². The number of rotatable bonds is 6. The fourth-order valence-electron chi connectivity index (χ4n) is 2.23. The highest BCUT2D eigenvalue weighted by atomic mass is 32.2. The molecule has 0 radical (unpaired) electrons. The molecule has 19 heavy (non-hydrogen) atoms. The minimum Gasteiger partial charge on any atom is -0.384 e. The van der Waals surface area contributed by atoms with E-state index in [1.165, 1.54) is 33.0 Å². The lowest BCUT2D eigenvalue weighted by molar-refractivity contribution is 0.352. The van der Waals surface area contributed by atoms with Gasteiger partial charge >= 0.3 is 0 Å². The first-order valence-electron chi connectivity index (χ1n) is 6.62. The molecular weight excluding hydrogens is 262 g/mol. The summed E-state index contributed by atoms with van der Waals surface area (Å²) >= 11 is 0. The summed E-state index contributed by atoms with van der Waals surface area (Å²) in [6, 6.07) is 6.83. The lowest BCUT2D eigenvalue weighted by Gasteiger charge is -2.15. The van der Waals surface area contributed by atoms with Crippen molar-refractivity contribution in [2.45, 2.75) is 17.7 Å². The smallest absolute Gasteiger partial charge is 0.240 e. The van der Waals surface area contributed by atoms with Crippen molar-refractivity contribution in [3.05, 3.63) is 24.3 Å². The molecule has 0 spiro atoms. The highest BCUT2D eigenvalue weighted by molar-refractivity contribution is 7.89. The second kappa shape index (κ2) is 6.36. The SMILES string of the molecule is CNS(=O)(=O)c1ccc(NCCN2CCCC2)cc1. The van der Waals surface area contributed by atoms with Crippen LogP contribution in [0, 0.1) is 0 Å². The number of sulfonamides is 1. The van der Waals surface area contributed by atoms with Gasteiger partial charge in [0.2, 0.25) is 10.0 Å². The summed E-state index contributed by atoms with van der Waals surface area (Å²) in [6.45, 7) is 4.32. The summed E-state index contributed by atoms with van der Waals surface area (Å²) in [4.78, 5) is 2.73. The lowest BCUT2D eigenvalue weighted by Crippen LogP contribution is -2.25. The fraction of sp³-hybridized carbons (Fsp3) is 0.538. The van der Waals surface area contributed by atoms with Gasteiger partial charge in [0.25, 0.3) is 0 Å². The van der Waals surface area contributed by atoms with Crippen LogP contribution in [0.3, 0.4) is 0 Å². The third-order valence-corrected chi connectivity index (χ3v) is 4.82. The second-order valence-corrected chi connectivity index (χ2v) is 6.59. The van der Waals surface area contributed by atoms with Crippen LogP contribution in [0.15, 0.2) is 29.2 Å². The maximum Gasteiger partial charge on any atom is 0.240 e. The Hall–Kier alpha value is -1.11. The molecule has 1 heterocycles. The van der Waals surface area contributed by atoms with Gasteiger partial charge in [-0.15, -0.1) is 0 Å². The Bertz CT molecular complexity index is 493. The minimum atomic E-state index is -3.33. The number of likely N-dealkylation sites (tertiary alicyclic amines) is 1. The van der Waals surface area contributed by atoms with Gasteiger partial charge in [-0.3, -0.25) is 0 Å². The van der Waals surface area contributed by atoms with Crippen molar-refractivity contribution in [2.24, 2.45) is 0 Å². The average Bonchev–Trinajstić information content (AvgIpc) is 2.92. The van der Waals surface area contributed by atoms with Crippen LogP contribution in [-0.2, 0) is 10.0 Å². The number of benzene rings is 1. The Morgan fingerprint density at radius 2 is 1.79 bits per heavy atom. The van der Waals surface area contributed by atoms with Crippen molar-refractivity contribution in [3.63, 3.8) is 0 Å². The molecule has 0 saturated carbocycles. The predicted molar refractivity (Wildman–Crippen MR) is 76.9 cm³/mol. The van der Waals surface area contributed by atoms with E-state index in [1.54, 1.807) is 24.3 Å². The topological polar surface area (TPSA) is 61.4 Å². The molecule has 0 aromatic heterocycles. The van der Waals surface area contributed by atoms with E-state index in [-0.39, 0.29) is 0 Å². The van der Waals surface area contributed by atoms with Crippen molar-refractivity contribution >= 4 is 15.7 Å². The Kier molecular flexibility index (Phi) is 4.79. The number of anilines is 1. The van der Waals surface area contributed by atoms with E-state index >= 15 is 0 Å². The molecule has 1 saturated heterocycles. The van der Waals surface area contributed by atoms with E-state index in [0.29, 0.717) is 4.90 Å². The molecule has 2 N–H and O–H groups in total. The van der Waals surface area contributed by atoms with Gasteiger partial charge < -0.3 is 10.2 Å². The zero-order valence-electron chi connectivity index (χ0n) is 11.2. The summed E-state index contributed by atoms with van der Waals surface area (Å²) in [6.07, 6.45) is 2.60. The van der Waals surface area contributed by atoms with Crippen LogP contribution in [0.5, 0.6) is 0 Å². The van der Waals surface area contributed by atoms with E-state index in [0.717, 1.165) is 18.8 Å². The van der Waals surface area contributed by atoms with E-state index < -0.39 is 10.0 Å². The molecule has 5 nitrogen and oxygen atoms in total. The molecule has 1 aromatic rings. The Morgan fingerprint density at radius 3 is 2.37 bits per heavy atom. The molecule has 6 heteroatoms. The first-order chi connectivity index (χ1) is 9.12. The molecule has 0 bridgehead atoms. The zero-order chi connectivity index (χ0) is 13.7. The average molecular weight is 283 g/mol. The largest absolute Gasteiger partial charge is 0.384 e. The van der Waals surface area contributed by atoms with Crippen LogP contribution >= 0.6 is 0 Å². The fourth-order valence-corrected chi connectivity index (χ4v) is 2.96. The van der Waals surface area contributed by atoms with Crippen molar-refractivity contribution < 1.29 is 8.42 Å². The van der Waals surface area contributed by atoms with Crippen molar-refractivity contribution in [2.75, 3.05) is 38.5 Å². The van der Waals surface area contributed by atoms with Crippen LogP contribution in [0.1, 0.15) is 12.8 Å².